The maximum absolute atomic E-state index is 12.4. The molecule has 3 aromatic rings. The van der Waals surface area contributed by atoms with Crippen molar-refractivity contribution >= 4 is 5.91 Å². The second-order valence-electron chi connectivity index (χ2n) is 7.52. The molecule has 29 heavy (non-hydrogen) atoms. The molecule has 4 rings (SSSR count). The Hall–Kier alpha value is -2.96. The number of amides is 1. The molecule has 0 spiro atoms. The van der Waals surface area contributed by atoms with E-state index in [2.05, 4.69) is 45.5 Å². The molecular weight excluding hydrogens is 364 g/mol. The van der Waals surface area contributed by atoms with Gasteiger partial charge in [-0.2, -0.15) is 0 Å². The average Bonchev–Trinajstić information content (AvgIpc) is 3.25. The van der Waals surface area contributed by atoms with Gasteiger partial charge in [-0.1, -0.05) is 59.8 Å². The molecule has 1 aliphatic rings. The molecule has 1 aliphatic heterocycles. The standard InChI is InChI=1S/C23H26N4O2/c1-26-10-12-27(13-11-26)17-19-7-5-6-18(14-19)16-24-23(28)22-15-21(25-29-22)20-8-3-2-4-9-20/h2-9,14-15H,10-13,16-17H2,1H3,(H,24,28). The summed E-state index contributed by atoms with van der Waals surface area (Å²) >= 11 is 0. The quantitative estimate of drug-likeness (QED) is 0.701. The first-order valence-electron chi connectivity index (χ1n) is 9.96. The van der Waals surface area contributed by atoms with Crippen LogP contribution in [-0.4, -0.2) is 54.1 Å². The van der Waals surface area contributed by atoms with Gasteiger partial charge in [0.25, 0.3) is 5.91 Å². The summed E-state index contributed by atoms with van der Waals surface area (Å²) in [6.07, 6.45) is 0. The lowest BCUT2D eigenvalue weighted by Gasteiger charge is -2.32. The largest absolute Gasteiger partial charge is 0.350 e. The molecule has 2 heterocycles. The summed E-state index contributed by atoms with van der Waals surface area (Å²) in [5.41, 5.74) is 3.93. The van der Waals surface area contributed by atoms with Crippen molar-refractivity contribution in [2.75, 3.05) is 33.2 Å². The molecular formula is C23H26N4O2. The summed E-state index contributed by atoms with van der Waals surface area (Å²) < 4.78 is 5.23. The van der Waals surface area contributed by atoms with E-state index in [1.807, 2.05) is 36.4 Å². The van der Waals surface area contributed by atoms with Crippen LogP contribution in [0.5, 0.6) is 0 Å². The Labute approximate surface area is 171 Å². The van der Waals surface area contributed by atoms with Crippen molar-refractivity contribution in [3.05, 3.63) is 77.6 Å². The number of piperazine rings is 1. The van der Waals surface area contributed by atoms with Gasteiger partial charge >= 0.3 is 0 Å². The maximum Gasteiger partial charge on any atom is 0.290 e. The number of nitrogens with one attached hydrogen (secondary N) is 1. The van der Waals surface area contributed by atoms with Gasteiger partial charge in [0.15, 0.2) is 0 Å². The summed E-state index contributed by atoms with van der Waals surface area (Å²) in [6, 6.07) is 19.7. The van der Waals surface area contributed by atoms with Crippen LogP contribution in [0.15, 0.2) is 65.2 Å². The highest BCUT2D eigenvalue weighted by molar-refractivity contribution is 5.92. The predicted molar refractivity (Wildman–Crippen MR) is 112 cm³/mol. The minimum absolute atomic E-state index is 0.220. The number of aromatic nitrogens is 1. The topological polar surface area (TPSA) is 61.6 Å². The van der Waals surface area contributed by atoms with E-state index in [9.17, 15) is 4.79 Å². The van der Waals surface area contributed by atoms with Crippen molar-refractivity contribution in [3.63, 3.8) is 0 Å². The van der Waals surface area contributed by atoms with Crippen molar-refractivity contribution in [2.24, 2.45) is 0 Å². The normalized spacial score (nSPS) is 15.3. The summed E-state index contributed by atoms with van der Waals surface area (Å²) in [6.45, 7) is 5.80. The molecule has 0 unspecified atom stereocenters. The van der Waals surface area contributed by atoms with Crippen LogP contribution in [0.3, 0.4) is 0 Å². The third kappa shape index (κ3) is 5.10. The van der Waals surface area contributed by atoms with Gasteiger partial charge in [-0.25, -0.2) is 0 Å². The van der Waals surface area contributed by atoms with Crippen LogP contribution in [-0.2, 0) is 13.1 Å². The zero-order valence-corrected chi connectivity index (χ0v) is 16.7. The molecule has 0 aliphatic carbocycles. The summed E-state index contributed by atoms with van der Waals surface area (Å²) in [5.74, 6) is -0.0402. The monoisotopic (exact) mass is 390 g/mol. The van der Waals surface area contributed by atoms with Crippen LogP contribution >= 0.6 is 0 Å². The highest BCUT2D eigenvalue weighted by Crippen LogP contribution is 2.18. The Morgan fingerprint density at radius 1 is 1.00 bits per heavy atom. The Morgan fingerprint density at radius 2 is 1.76 bits per heavy atom. The highest BCUT2D eigenvalue weighted by Gasteiger charge is 2.15. The van der Waals surface area contributed by atoms with Gasteiger partial charge in [0.1, 0.15) is 5.69 Å². The zero-order valence-electron chi connectivity index (χ0n) is 16.7. The first kappa shape index (κ1) is 19.4. The minimum atomic E-state index is -0.260. The van der Waals surface area contributed by atoms with Crippen molar-refractivity contribution < 1.29 is 9.32 Å². The van der Waals surface area contributed by atoms with E-state index in [1.54, 1.807) is 6.07 Å². The molecule has 1 fully saturated rings. The van der Waals surface area contributed by atoms with E-state index in [4.69, 9.17) is 4.52 Å². The number of benzene rings is 2. The van der Waals surface area contributed by atoms with Gasteiger partial charge in [0, 0.05) is 50.9 Å². The van der Waals surface area contributed by atoms with E-state index >= 15 is 0 Å². The van der Waals surface area contributed by atoms with Crippen LogP contribution in [0.1, 0.15) is 21.7 Å². The van der Waals surface area contributed by atoms with Crippen LogP contribution in [0.2, 0.25) is 0 Å². The lowest BCUT2D eigenvalue weighted by Crippen LogP contribution is -2.43. The van der Waals surface area contributed by atoms with Gasteiger partial charge in [0.05, 0.1) is 0 Å². The Bertz CT molecular complexity index is 946. The maximum atomic E-state index is 12.4. The third-order valence-electron chi connectivity index (χ3n) is 5.25. The third-order valence-corrected chi connectivity index (χ3v) is 5.25. The van der Waals surface area contributed by atoms with Crippen LogP contribution in [0, 0.1) is 0 Å². The van der Waals surface area contributed by atoms with Gasteiger partial charge < -0.3 is 14.7 Å². The molecule has 0 atom stereocenters. The average molecular weight is 390 g/mol. The molecule has 0 bridgehead atoms. The van der Waals surface area contributed by atoms with E-state index in [1.165, 1.54) is 5.56 Å². The van der Waals surface area contributed by atoms with Gasteiger partial charge in [-0.05, 0) is 18.2 Å². The SMILES string of the molecule is CN1CCN(Cc2cccc(CNC(=O)c3cc(-c4ccccc4)no3)c2)CC1. The van der Waals surface area contributed by atoms with Crippen molar-refractivity contribution in [1.82, 2.24) is 20.3 Å². The molecule has 1 saturated heterocycles. The van der Waals surface area contributed by atoms with Crippen LogP contribution in [0.25, 0.3) is 11.3 Å². The number of likely N-dealkylation sites (N-methyl/N-ethyl adjacent to an activating group) is 1. The molecule has 6 heteroatoms. The molecule has 1 amide bonds. The first-order valence-corrected chi connectivity index (χ1v) is 9.96. The number of carbonyl (C=O) groups excluding carboxylic acids is 1. The van der Waals surface area contributed by atoms with Gasteiger partial charge in [-0.15, -0.1) is 0 Å². The fourth-order valence-corrected chi connectivity index (χ4v) is 3.50. The van der Waals surface area contributed by atoms with Crippen LogP contribution < -0.4 is 5.32 Å². The molecule has 2 aromatic carbocycles. The second kappa shape index (κ2) is 9.03. The smallest absolute Gasteiger partial charge is 0.290 e. The summed E-state index contributed by atoms with van der Waals surface area (Å²) in [5, 5.41) is 6.93. The predicted octanol–water partition coefficient (Wildman–Crippen LogP) is 3.02. The van der Waals surface area contributed by atoms with E-state index in [0.29, 0.717) is 12.2 Å². The highest BCUT2D eigenvalue weighted by atomic mass is 16.5. The van der Waals surface area contributed by atoms with Crippen molar-refractivity contribution in [1.29, 1.82) is 0 Å². The number of rotatable bonds is 6. The number of nitrogens with zero attached hydrogens (tertiary/aromatic N) is 3. The molecule has 150 valence electrons. The second-order valence-corrected chi connectivity index (χ2v) is 7.52. The van der Waals surface area contributed by atoms with Crippen LogP contribution in [0.4, 0.5) is 0 Å². The molecule has 1 aromatic heterocycles. The van der Waals surface area contributed by atoms with E-state index < -0.39 is 0 Å². The van der Waals surface area contributed by atoms with Crippen molar-refractivity contribution in [2.45, 2.75) is 13.1 Å². The zero-order chi connectivity index (χ0) is 20.1. The summed E-state index contributed by atoms with van der Waals surface area (Å²) in [7, 11) is 2.16. The molecule has 1 N–H and O–H groups in total. The fraction of sp³-hybridized carbons (Fsp3) is 0.304. The minimum Gasteiger partial charge on any atom is -0.350 e. The molecule has 0 radical (unpaired) electrons. The Kier molecular flexibility index (Phi) is 6.03. The Balaban J connectivity index is 1.33. The number of hydrogen-bond acceptors (Lipinski definition) is 5. The number of carbonyl (C=O) groups is 1. The molecule has 0 saturated carbocycles. The summed E-state index contributed by atoms with van der Waals surface area (Å²) in [4.78, 5) is 17.3. The lowest BCUT2D eigenvalue weighted by atomic mass is 10.1. The van der Waals surface area contributed by atoms with E-state index in [-0.39, 0.29) is 11.7 Å². The van der Waals surface area contributed by atoms with Gasteiger partial charge in [-0.3, -0.25) is 9.69 Å². The van der Waals surface area contributed by atoms with Gasteiger partial charge in [0.2, 0.25) is 5.76 Å². The first-order chi connectivity index (χ1) is 14.2. The number of hydrogen-bond donors (Lipinski definition) is 1. The van der Waals surface area contributed by atoms with Crippen molar-refractivity contribution in [3.8, 4) is 11.3 Å². The fourth-order valence-electron chi connectivity index (χ4n) is 3.50. The molecule has 6 nitrogen and oxygen atoms in total. The lowest BCUT2D eigenvalue weighted by molar-refractivity contribution is 0.0914. The van der Waals surface area contributed by atoms with E-state index in [0.717, 1.165) is 43.9 Å². The Morgan fingerprint density at radius 3 is 2.55 bits per heavy atom.